The van der Waals surface area contributed by atoms with Gasteiger partial charge in [-0.3, -0.25) is 9.69 Å². The molecule has 0 aliphatic carbocycles. The van der Waals surface area contributed by atoms with Gasteiger partial charge in [-0.25, -0.2) is 4.98 Å². The van der Waals surface area contributed by atoms with Gasteiger partial charge in [0.15, 0.2) is 0 Å². The van der Waals surface area contributed by atoms with Crippen molar-refractivity contribution in [2.45, 2.75) is 24.9 Å². The second-order valence-corrected chi connectivity index (χ2v) is 5.59. The van der Waals surface area contributed by atoms with E-state index >= 15 is 0 Å². The minimum Gasteiger partial charge on any atom is -0.378 e. The topological polar surface area (TPSA) is 54.5 Å². The lowest BCUT2D eigenvalue weighted by molar-refractivity contribution is -0.133. The van der Waals surface area contributed by atoms with Crippen LogP contribution in [0.15, 0.2) is 5.38 Å². The molecule has 2 heterocycles. The molecule has 7 heteroatoms. The van der Waals surface area contributed by atoms with E-state index < -0.39 is 0 Å². The van der Waals surface area contributed by atoms with E-state index in [2.05, 4.69) is 22.1 Å². The number of ether oxygens (including phenoxy) is 1. The van der Waals surface area contributed by atoms with Crippen LogP contribution in [0.3, 0.4) is 0 Å². The summed E-state index contributed by atoms with van der Waals surface area (Å²) in [6.07, 6.45) is 0. The standard InChI is InChI=1S/C12H18ClN3O2S/c1-8(12-15-9(5-13)7-19-12)16-3-4-18-6-10(16)11(17)14-2/h7-8,10H,3-6H2,1-2H3,(H,14,17). The molecule has 1 saturated heterocycles. The van der Waals surface area contributed by atoms with E-state index in [1.54, 1.807) is 18.4 Å². The first-order valence-electron chi connectivity index (χ1n) is 6.22. The highest BCUT2D eigenvalue weighted by molar-refractivity contribution is 7.09. The molecule has 1 aliphatic rings. The van der Waals surface area contributed by atoms with Gasteiger partial charge in [-0.15, -0.1) is 22.9 Å². The van der Waals surface area contributed by atoms with Crippen LogP contribution in [0, 0.1) is 0 Å². The molecule has 2 unspecified atom stereocenters. The number of nitrogens with zero attached hydrogens (tertiary/aromatic N) is 2. The van der Waals surface area contributed by atoms with Crippen molar-refractivity contribution in [3.8, 4) is 0 Å². The maximum atomic E-state index is 11.9. The molecule has 0 spiro atoms. The van der Waals surface area contributed by atoms with Crippen molar-refractivity contribution in [2.24, 2.45) is 0 Å². The number of thiazole rings is 1. The van der Waals surface area contributed by atoms with Crippen LogP contribution in [0.1, 0.15) is 23.7 Å². The zero-order chi connectivity index (χ0) is 13.8. The van der Waals surface area contributed by atoms with Gasteiger partial charge in [0, 0.05) is 19.0 Å². The van der Waals surface area contributed by atoms with Crippen LogP contribution in [-0.2, 0) is 15.4 Å². The highest BCUT2D eigenvalue weighted by atomic mass is 35.5. The van der Waals surface area contributed by atoms with Crippen molar-refractivity contribution in [3.63, 3.8) is 0 Å². The fourth-order valence-electron chi connectivity index (χ4n) is 2.19. The van der Waals surface area contributed by atoms with Gasteiger partial charge >= 0.3 is 0 Å². The number of likely N-dealkylation sites (N-methyl/N-ethyl adjacent to an activating group) is 1. The molecular weight excluding hydrogens is 286 g/mol. The molecule has 5 nitrogen and oxygen atoms in total. The van der Waals surface area contributed by atoms with Crippen LogP contribution < -0.4 is 5.32 Å². The number of nitrogens with one attached hydrogen (secondary N) is 1. The third-order valence-electron chi connectivity index (χ3n) is 3.28. The van der Waals surface area contributed by atoms with Crippen molar-refractivity contribution in [2.75, 3.05) is 26.8 Å². The Bertz CT molecular complexity index is 440. The number of rotatable bonds is 4. The molecule has 0 radical (unpaired) electrons. The van der Waals surface area contributed by atoms with Crippen molar-refractivity contribution in [1.29, 1.82) is 0 Å². The van der Waals surface area contributed by atoms with Crippen molar-refractivity contribution >= 4 is 28.8 Å². The van der Waals surface area contributed by atoms with E-state index in [0.717, 1.165) is 17.2 Å². The number of morpholine rings is 1. The molecule has 0 bridgehead atoms. The lowest BCUT2D eigenvalue weighted by Crippen LogP contribution is -2.53. The quantitative estimate of drug-likeness (QED) is 0.854. The van der Waals surface area contributed by atoms with Crippen LogP contribution in [0.5, 0.6) is 0 Å². The molecular formula is C12H18ClN3O2S. The third kappa shape index (κ3) is 3.25. The minimum absolute atomic E-state index is 0.0133. The van der Waals surface area contributed by atoms with Crippen LogP contribution in [0.4, 0.5) is 0 Å². The lowest BCUT2D eigenvalue weighted by Gasteiger charge is -2.37. The zero-order valence-electron chi connectivity index (χ0n) is 11.1. The summed E-state index contributed by atoms with van der Waals surface area (Å²) in [5, 5.41) is 5.65. The molecule has 19 heavy (non-hydrogen) atoms. The second kappa shape index (κ2) is 6.65. The van der Waals surface area contributed by atoms with E-state index in [0.29, 0.717) is 19.1 Å². The third-order valence-corrected chi connectivity index (χ3v) is 4.62. The first-order chi connectivity index (χ1) is 9.17. The Hall–Kier alpha value is -0.690. The number of hydrogen-bond acceptors (Lipinski definition) is 5. The largest absolute Gasteiger partial charge is 0.378 e. The number of amides is 1. The first kappa shape index (κ1) is 14.7. The van der Waals surface area contributed by atoms with Crippen LogP contribution in [-0.4, -0.2) is 48.6 Å². The molecule has 1 aliphatic heterocycles. The zero-order valence-corrected chi connectivity index (χ0v) is 12.6. The molecule has 106 valence electrons. The molecule has 1 N–H and O–H groups in total. The summed E-state index contributed by atoms with van der Waals surface area (Å²) < 4.78 is 5.41. The molecule has 0 aromatic carbocycles. The summed E-state index contributed by atoms with van der Waals surface area (Å²) >= 11 is 7.37. The maximum Gasteiger partial charge on any atom is 0.239 e. The summed E-state index contributed by atoms with van der Waals surface area (Å²) in [6.45, 7) is 3.87. The fraction of sp³-hybridized carbons (Fsp3) is 0.667. The number of halogens is 1. The van der Waals surface area contributed by atoms with Crippen LogP contribution in [0.2, 0.25) is 0 Å². The molecule has 2 atom stereocenters. The van der Waals surface area contributed by atoms with Crippen molar-refractivity contribution in [1.82, 2.24) is 15.2 Å². The molecule has 1 amide bonds. The van der Waals surface area contributed by atoms with Gasteiger partial charge < -0.3 is 10.1 Å². The Kier molecular flexibility index (Phi) is 5.15. The number of carbonyl (C=O) groups is 1. The van der Waals surface area contributed by atoms with E-state index in [1.807, 2.05) is 5.38 Å². The Morgan fingerprint density at radius 3 is 3.21 bits per heavy atom. The van der Waals surface area contributed by atoms with Crippen molar-refractivity contribution < 1.29 is 9.53 Å². The van der Waals surface area contributed by atoms with Crippen molar-refractivity contribution in [3.05, 3.63) is 16.1 Å². The summed E-state index contributed by atoms with van der Waals surface area (Å²) in [7, 11) is 1.65. The highest BCUT2D eigenvalue weighted by Crippen LogP contribution is 2.27. The fourth-order valence-corrected chi connectivity index (χ4v) is 3.31. The Morgan fingerprint density at radius 2 is 2.58 bits per heavy atom. The molecule has 2 rings (SSSR count). The van der Waals surface area contributed by atoms with Crippen LogP contribution in [0.25, 0.3) is 0 Å². The molecule has 1 fully saturated rings. The predicted octanol–water partition coefficient (Wildman–Crippen LogP) is 1.39. The van der Waals surface area contributed by atoms with Gasteiger partial charge in [-0.2, -0.15) is 0 Å². The second-order valence-electron chi connectivity index (χ2n) is 4.43. The highest BCUT2D eigenvalue weighted by Gasteiger charge is 2.33. The van der Waals surface area contributed by atoms with E-state index in [9.17, 15) is 4.79 Å². The number of aromatic nitrogens is 1. The lowest BCUT2D eigenvalue weighted by atomic mass is 10.1. The van der Waals surface area contributed by atoms with Gasteiger partial charge in [0.25, 0.3) is 0 Å². The van der Waals surface area contributed by atoms with Gasteiger partial charge in [0.05, 0.1) is 30.8 Å². The molecule has 1 aromatic heterocycles. The Labute approximate surface area is 121 Å². The maximum absolute atomic E-state index is 11.9. The summed E-state index contributed by atoms with van der Waals surface area (Å²) in [5.41, 5.74) is 0.887. The SMILES string of the molecule is CNC(=O)C1COCCN1C(C)c1nc(CCl)cs1. The molecule has 0 saturated carbocycles. The normalized spacial score (nSPS) is 22.2. The number of alkyl halides is 1. The van der Waals surface area contributed by atoms with E-state index in [4.69, 9.17) is 16.3 Å². The van der Waals surface area contributed by atoms with E-state index in [-0.39, 0.29) is 18.0 Å². The average Bonchev–Trinajstić information content (AvgIpc) is 2.94. The van der Waals surface area contributed by atoms with Gasteiger partial charge in [0.2, 0.25) is 5.91 Å². The summed E-state index contributed by atoms with van der Waals surface area (Å²) in [4.78, 5) is 18.5. The van der Waals surface area contributed by atoms with Gasteiger partial charge in [0.1, 0.15) is 11.0 Å². The summed E-state index contributed by atoms with van der Waals surface area (Å²) in [5.74, 6) is 0.409. The van der Waals surface area contributed by atoms with Gasteiger partial charge in [-0.1, -0.05) is 0 Å². The average molecular weight is 304 g/mol. The molecule has 1 aromatic rings. The Morgan fingerprint density at radius 1 is 1.79 bits per heavy atom. The number of carbonyl (C=O) groups excluding carboxylic acids is 1. The first-order valence-corrected chi connectivity index (χ1v) is 7.64. The number of hydrogen-bond donors (Lipinski definition) is 1. The summed E-state index contributed by atoms with van der Waals surface area (Å²) in [6, 6.07) is -0.162. The van der Waals surface area contributed by atoms with E-state index in [1.165, 1.54) is 0 Å². The predicted molar refractivity (Wildman–Crippen MR) is 75.5 cm³/mol. The van der Waals surface area contributed by atoms with Gasteiger partial charge in [-0.05, 0) is 6.92 Å². The smallest absolute Gasteiger partial charge is 0.239 e. The monoisotopic (exact) mass is 303 g/mol. The Balaban J connectivity index is 2.14. The minimum atomic E-state index is -0.253. The van der Waals surface area contributed by atoms with Crippen LogP contribution >= 0.6 is 22.9 Å².